The molecule has 2 unspecified atom stereocenters. The minimum atomic E-state index is -1.04. The molecule has 3 N–H and O–H groups in total. The standard InChI is InChI=1S/C18H19BrN2O/c1-18(20,13-7-9-14(19)10-8-13)17(22)21-16-11-6-12-4-2-3-5-15(12)16/h2-5,7-10,16H,6,11,20H2,1H3,(H,21,22). The molecular formula is C18H19BrN2O. The number of hydrogen-bond donors (Lipinski definition) is 2. The number of rotatable bonds is 3. The Balaban J connectivity index is 1.78. The predicted molar refractivity (Wildman–Crippen MR) is 91.3 cm³/mol. The number of halogens is 1. The molecule has 1 amide bonds. The number of aryl methyl sites for hydroxylation is 1. The van der Waals surface area contributed by atoms with Crippen molar-refractivity contribution < 1.29 is 4.79 Å². The molecule has 4 heteroatoms. The Morgan fingerprint density at radius 2 is 1.91 bits per heavy atom. The van der Waals surface area contributed by atoms with E-state index < -0.39 is 5.54 Å². The van der Waals surface area contributed by atoms with E-state index in [1.165, 1.54) is 11.1 Å². The highest BCUT2D eigenvalue weighted by atomic mass is 79.9. The van der Waals surface area contributed by atoms with Gasteiger partial charge in [-0.15, -0.1) is 0 Å². The van der Waals surface area contributed by atoms with Crippen molar-refractivity contribution in [2.45, 2.75) is 31.3 Å². The Morgan fingerprint density at radius 1 is 1.23 bits per heavy atom. The highest BCUT2D eigenvalue weighted by Crippen LogP contribution is 2.31. The molecular weight excluding hydrogens is 340 g/mol. The Labute approximate surface area is 139 Å². The largest absolute Gasteiger partial charge is 0.347 e. The molecule has 114 valence electrons. The number of amides is 1. The quantitative estimate of drug-likeness (QED) is 0.882. The first-order valence-electron chi connectivity index (χ1n) is 7.42. The van der Waals surface area contributed by atoms with E-state index in [4.69, 9.17) is 5.73 Å². The highest BCUT2D eigenvalue weighted by Gasteiger charge is 2.33. The third-order valence-electron chi connectivity index (χ3n) is 4.35. The van der Waals surface area contributed by atoms with Gasteiger partial charge >= 0.3 is 0 Å². The average Bonchev–Trinajstić information content (AvgIpc) is 2.91. The molecule has 0 heterocycles. The lowest BCUT2D eigenvalue weighted by Gasteiger charge is -2.26. The molecule has 0 bridgehead atoms. The van der Waals surface area contributed by atoms with Gasteiger partial charge in [-0.1, -0.05) is 52.3 Å². The first-order chi connectivity index (χ1) is 10.5. The molecule has 2 aromatic rings. The molecule has 0 aliphatic heterocycles. The first-order valence-corrected chi connectivity index (χ1v) is 8.21. The van der Waals surface area contributed by atoms with Crippen molar-refractivity contribution in [1.29, 1.82) is 0 Å². The van der Waals surface area contributed by atoms with Crippen LogP contribution in [0.3, 0.4) is 0 Å². The summed E-state index contributed by atoms with van der Waals surface area (Å²) in [5, 5.41) is 3.11. The maximum Gasteiger partial charge on any atom is 0.244 e. The number of carbonyl (C=O) groups is 1. The van der Waals surface area contributed by atoms with Gasteiger partial charge in [0.05, 0.1) is 6.04 Å². The monoisotopic (exact) mass is 358 g/mol. The van der Waals surface area contributed by atoms with Crippen molar-refractivity contribution in [1.82, 2.24) is 5.32 Å². The van der Waals surface area contributed by atoms with E-state index in [9.17, 15) is 4.79 Å². The van der Waals surface area contributed by atoms with Gasteiger partial charge in [0.2, 0.25) is 5.91 Å². The number of nitrogens with two attached hydrogens (primary N) is 1. The zero-order chi connectivity index (χ0) is 15.7. The predicted octanol–water partition coefficient (Wildman–Crippen LogP) is 3.43. The van der Waals surface area contributed by atoms with Crippen LogP contribution < -0.4 is 11.1 Å². The van der Waals surface area contributed by atoms with Crippen LogP contribution in [0, 0.1) is 0 Å². The van der Waals surface area contributed by atoms with Crippen LogP contribution in [-0.4, -0.2) is 5.91 Å². The zero-order valence-electron chi connectivity index (χ0n) is 12.5. The summed E-state index contributed by atoms with van der Waals surface area (Å²) in [6.45, 7) is 1.76. The number of nitrogens with one attached hydrogen (secondary N) is 1. The summed E-state index contributed by atoms with van der Waals surface area (Å²) in [6, 6.07) is 15.9. The number of hydrogen-bond acceptors (Lipinski definition) is 2. The summed E-state index contributed by atoms with van der Waals surface area (Å²) in [5.41, 5.74) is 8.59. The second kappa shape index (κ2) is 5.86. The second-order valence-corrected chi connectivity index (χ2v) is 6.89. The topological polar surface area (TPSA) is 55.1 Å². The molecule has 2 atom stereocenters. The van der Waals surface area contributed by atoms with Gasteiger partial charge in [-0.05, 0) is 48.6 Å². The van der Waals surface area contributed by atoms with E-state index >= 15 is 0 Å². The lowest BCUT2D eigenvalue weighted by Crippen LogP contribution is -2.49. The van der Waals surface area contributed by atoms with Gasteiger partial charge in [-0.2, -0.15) is 0 Å². The maximum absolute atomic E-state index is 12.7. The van der Waals surface area contributed by atoms with E-state index in [2.05, 4.69) is 33.4 Å². The fraction of sp³-hybridized carbons (Fsp3) is 0.278. The minimum Gasteiger partial charge on any atom is -0.347 e. The number of benzene rings is 2. The molecule has 22 heavy (non-hydrogen) atoms. The molecule has 0 fully saturated rings. The Morgan fingerprint density at radius 3 is 2.64 bits per heavy atom. The Hall–Kier alpha value is -1.65. The molecule has 1 aliphatic rings. The molecule has 0 aromatic heterocycles. The summed E-state index contributed by atoms with van der Waals surface area (Å²) >= 11 is 3.40. The molecule has 0 spiro atoms. The SMILES string of the molecule is CC(N)(C(=O)NC1CCc2ccccc21)c1ccc(Br)cc1. The minimum absolute atomic E-state index is 0.0574. The van der Waals surface area contributed by atoms with Gasteiger partial charge in [-0.25, -0.2) is 0 Å². The molecule has 3 nitrogen and oxygen atoms in total. The first kappa shape index (κ1) is 15.3. The van der Waals surface area contributed by atoms with Gasteiger partial charge in [0, 0.05) is 4.47 Å². The van der Waals surface area contributed by atoms with E-state index in [0.717, 1.165) is 22.9 Å². The van der Waals surface area contributed by atoms with Crippen molar-refractivity contribution in [3.8, 4) is 0 Å². The smallest absolute Gasteiger partial charge is 0.244 e. The third-order valence-corrected chi connectivity index (χ3v) is 4.88. The fourth-order valence-electron chi connectivity index (χ4n) is 2.94. The average molecular weight is 359 g/mol. The van der Waals surface area contributed by atoms with Crippen LogP contribution in [0.4, 0.5) is 0 Å². The summed E-state index contributed by atoms with van der Waals surface area (Å²) in [5.74, 6) is -0.142. The van der Waals surface area contributed by atoms with E-state index in [-0.39, 0.29) is 11.9 Å². The number of carbonyl (C=O) groups excluding carboxylic acids is 1. The van der Waals surface area contributed by atoms with Gasteiger partial charge in [0.15, 0.2) is 0 Å². The van der Waals surface area contributed by atoms with Gasteiger partial charge in [0.1, 0.15) is 5.54 Å². The highest BCUT2D eigenvalue weighted by molar-refractivity contribution is 9.10. The molecule has 0 saturated carbocycles. The fourth-order valence-corrected chi connectivity index (χ4v) is 3.21. The van der Waals surface area contributed by atoms with Gasteiger partial charge < -0.3 is 11.1 Å². The van der Waals surface area contributed by atoms with Crippen molar-refractivity contribution >= 4 is 21.8 Å². The molecule has 2 aromatic carbocycles. The lowest BCUT2D eigenvalue weighted by atomic mass is 9.91. The summed E-state index contributed by atoms with van der Waals surface area (Å²) in [6.07, 6.45) is 1.93. The summed E-state index contributed by atoms with van der Waals surface area (Å²) in [7, 11) is 0. The van der Waals surface area contributed by atoms with Crippen LogP contribution in [-0.2, 0) is 16.8 Å². The van der Waals surface area contributed by atoms with Crippen LogP contribution in [0.15, 0.2) is 53.0 Å². The second-order valence-electron chi connectivity index (χ2n) is 5.97. The van der Waals surface area contributed by atoms with Crippen LogP contribution >= 0.6 is 15.9 Å². The Kier molecular flexibility index (Phi) is 4.06. The van der Waals surface area contributed by atoms with Crippen molar-refractivity contribution in [2.75, 3.05) is 0 Å². The summed E-state index contributed by atoms with van der Waals surface area (Å²) < 4.78 is 0.970. The van der Waals surface area contributed by atoms with E-state index in [1.54, 1.807) is 6.92 Å². The van der Waals surface area contributed by atoms with Gasteiger partial charge in [-0.3, -0.25) is 4.79 Å². The lowest BCUT2D eigenvalue weighted by molar-refractivity contribution is -0.126. The molecule has 0 saturated heterocycles. The van der Waals surface area contributed by atoms with Crippen LogP contribution in [0.1, 0.15) is 36.1 Å². The zero-order valence-corrected chi connectivity index (χ0v) is 14.1. The van der Waals surface area contributed by atoms with Crippen molar-refractivity contribution in [2.24, 2.45) is 5.73 Å². The van der Waals surface area contributed by atoms with Crippen molar-refractivity contribution in [3.63, 3.8) is 0 Å². The van der Waals surface area contributed by atoms with Crippen LogP contribution in [0.2, 0.25) is 0 Å². The van der Waals surface area contributed by atoms with E-state index in [1.807, 2.05) is 36.4 Å². The molecule has 1 aliphatic carbocycles. The van der Waals surface area contributed by atoms with Crippen LogP contribution in [0.5, 0.6) is 0 Å². The normalized spacial score (nSPS) is 19.3. The maximum atomic E-state index is 12.7. The Bertz CT molecular complexity index is 694. The molecule has 0 radical (unpaired) electrons. The van der Waals surface area contributed by atoms with Gasteiger partial charge in [0.25, 0.3) is 0 Å². The number of fused-ring (bicyclic) bond motifs is 1. The molecule has 3 rings (SSSR count). The van der Waals surface area contributed by atoms with E-state index in [0.29, 0.717) is 0 Å². The van der Waals surface area contributed by atoms with Crippen LogP contribution in [0.25, 0.3) is 0 Å². The summed E-state index contributed by atoms with van der Waals surface area (Å²) in [4.78, 5) is 12.7. The van der Waals surface area contributed by atoms with Crippen molar-refractivity contribution in [3.05, 3.63) is 69.7 Å². The third kappa shape index (κ3) is 2.81.